The van der Waals surface area contributed by atoms with Crippen LogP contribution in [-0.4, -0.2) is 9.97 Å². The second-order valence-electron chi connectivity index (χ2n) is 16.5. The molecule has 0 atom stereocenters. The van der Waals surface area contributed by atoms with Crippen molar-refractivity contribution in [1.29, 1.82) is 0 Å². The summed E-state index contributed by atoms with van der Waals surface area (Å²) in [7, 11) is 0. The van der Waals surface area contributed by atoms with Gasteiger partial charge in [0, 0.05) is 41.0 Å². The minimum Gasteiger partial charge on any atom is -0.264 e. The Labute approximate surface area is 343 Å². The van der Waals surface area contributed by atoms with E-state index in [9.17, 15) is 0 Å². The molecule has 0 aliphatic heterocycles. The van der Waals surface area contributed by atoms with Crippen LogP contribution in [0.4, 0.5) is 0 Å². The maximum absolute atomic E-state index is 4.73. The third-order valence-corrected chi connectivity index (χ3v) is 13.0. The lowest BCUT2D eigenvalue weighted by atomic mass is 9.80. The molecule has 2 heterocycles. The van der Waals surface area contributed by atoms with Crippen molar-refractivity contribution in [3.8, 4) is 55.6 Å². The fraction of sp³-hybridized carbons (Fsp3) is 0.0526. The molecule has 11 aromatic rings. The van der Waals surface area contributed by atoms with E-state index in [1.807, 2.05) is 18.6 Å². The summed E-state index contributed by atoms with van der Waals surface area (Å²) >= 11 is 0. The molecular weight excluding hydrogens is 713 g/mol. The Kier molecular flexibility index (Phi) is 7.31. The van der Waals surface area contributed by atoms with E-state index >= 15 is 0 Å². The fourth-order valence-corrected chi connectivity index (χ4v) is 10.3. The lowest BCUT2D eigenvalue weighted by Gasteiger charge is -2.23. The molecule has 0 saturated carbocycles. The second kappa shape index (κ2) is 12.8. The molecule has 9 aromatic carbocycles. The van der Waals surface area contributed by atoms with Crippen molar-refractivity contribution in [3.63, 3.8) is 0 Å². The highest BCUT2D eigenvalue weighted by molar-refractivity contribution is 6.23. The van der Waals surface area contributed by atoms with Gasteiger partial charge in [-0.3, -0.25) is 9.97 Å². The van der Waals surface area contributed by atoms with Gasteiger partial charge in [-0.1, -0.05) is 153 Å². The molecule has 2 nitrogen and oxygen atoms in total. The van der Waals surface area contributed by atoms with Crippen LogP contribution in [0.5, 0.6) is 0 Å². The third-order valence-electron chi connectivity index (χ3n) is 13.0. The Hall–Kier alpha value is -7.42. The van der Waals surface area contributed by atoms with Gasteiger partial charge in [-0.2, -0.15) is 0 Å². The minimum atomic E-state index is -0.0807. The smallest absolute Gasteiger partial charge is 0.0353 e. The van der Waals surface area contributed by atoms with Crippen molar-refractivity contribution < 1.29 is 0 Å². The van der Waals surface area contributed by atoms with Crippen molar-refractivity contribution in [1.82, 2.24) is 9.97 Å². The molecule has 1 aliphatic carbocycles. The number of fused-ring (bicyclic) bond motifs is 8. The summed E-state index contributed by atoms with van der Waals surface area (Å²) in [6, 6.07) is 62.7. The molecule has 0 bridgehead atoms. The number of rotatable bonds is 4. The molecule has 12 rings (SSSR count). The van der Waals surface area contributed by atoms with Crippen molar-refractivity contribution in [2.45, 2.75) is 19.3 Å². The van der Waals surface area contributed by atoms with Gasteiger partial charge in [0.25, 0.3) is 0 Å². The highest BCUT2D eigenvalue weighted by Gasteiger charge is 2.35. The van der Waals surface area contributed by atoms with Gasteiger partial charge in [-0.05, 0) is 140 Å². The van der Waals surface area contributed by atoms with Crippen LogP contribution in [0.1, 0.15) is 25.0 Å². The fourth-order valence-electron chi connectivity index (χ4n) is 10.3. The summed E-state index contributed by atoms with van der Waals surface area (Å²) in [6.45, 7) is 4.72. The SMILES string of the molecule is CC1(C)c2ccccc2-c2ccc(-c3c4ccccc4c(-c4ccc5cc(-c6c7ccccc7c(-c7ccccc7)c7ccncc67)ccc5c4)c4cnccc34)cc21. The van der Waals surface area contributed by atoms with E-state index in [-0.39, 0.29) is 5.41 Å². The van der Waals surface area contributed by atoms with Crippen LogP contribution in [0.2, 0.25) is 0 Å². The molecule has 276 valence electrons. The van der Waals surface area contributed by atoms with Crippen molar-refractivity contribution in [3.05, 3.63) is 206 Å². The highest BCUT2D eigenvalue weighted by atomic mass is 14.6. The van der Waals surface area contributed by atoms with Crippen molar-refractivity contribution >= 4 is 53.9 Å². The van der Waals surface area contributed by atoms with Crippen molar-refractivity contribution in [2.75, 3.05) is 0 Å². The van der Waals surface area contributed by atoms with Gasteiger partial charge in [-0.15, -0.1) is 0 Å². The van der Waals surface area contributed by atoms with Crippen LogP contribution in [0.3, 0.4) is 0 Å². The number of nitrogens with zero attached hydrogens (tertiary/aromatic N) is 2. The zero-order chi connectivity index (χ0) is 39.2. The van der Waals surface area contributed by atoms with E-state index in [0.717, 1.165) is 10.8 Å². The van der Waals surface area contributed by atoms with Gasteiger partial charge in [0.15, 0.2) is 0 Å². The molecule has 59 heavy (non-hydrogen) atoms. The molecule has 0 spiro atoms. The number of hydrogen-bond donors (Lipinski definition) is 0. The first-order valence-corrected chi connectivity index (χ1v) is 20.5. The highest BCUT2D eigenvalue weighted by Crippen LogP contribution is 2.51. The lowest BCUT2D eigenvalue weighted by Crippen LogP contribution is -2.14. The second-order valence-corrected chi connectivity index (χ2v) is 16.5. The Morgan fingerprint density at radius 1 is 0.322 bits per heavy atom. The molecule has 0 amide bonds. The monoisotopic (exact) mass is 750 g/mol. The predicted molar refractivity (Wildman–Crippen MR) is 249 cm³/mol. The summed E-state index contributed by atoms with van der Waals surface area (Å²) in [4.78, 5) is 9.37. The van der Waals surface area contributed by atoms with Gasteiger partial charge in [0.1, 0.15) is 0 Å². The summed E-state index contributed by atoms with van der Waals surface area (Å²) in [5.74, 6) is 0. The molecule has 0 saturated heterocycles. The molecule has 2 heteroatoms. The summed E-state index contributed by atoms with van der Waals surface area (Å²) < 4.78 is 0. The Bertz CT molecular complexity index is 3410. The van der Waals surface area contributed by atoms with E-state index < -0.39 is 0 Å². The standard InChI is InChI=1S/C57H38N2/c1-57(2)51-19-11-10-14-41(51)42-25-24-40(32-52(42)57)54-44-16-7-9-18-46(44)56(50-34-59-29-27-48(50)54)39-23-21-36-30-38(22-20-37(36)31-39)55-45-17-8-6-15-43(45)53(35-12-4-3-5-13-35)47-26-28-58-33-49(47)55/h3-34H,1-2H3. The van der Waals surface area contributed by atoms with Crippen LogP contribution in [-0.2, 0) is 5.41 Å². The van der Waals surface area contributed by atoms with Gasteiger partial charge in [0.2, 0.25) is 0 Å². The van der Waals surface area contributed by atoms with Crippen LogP contribution in [0.15, 0.2) is 195 Å². The largest absolute Gasteiger partial charge is 0.264 e. The van der Waals surface area contributed by atoms with Gasteiger partial charge >= 0.3 is 0 Å². The number of pyridine rings is 2. The predicted octanol–water partition coefficient (Wildman–Crippen LogP) is 15.2. The van der Waals surface area contributed by atoms with Gasteiger partial charge < -0.3 is 0 Å². The Morgan fingerprint density at radius 2 is 0.746 bits per heavy atom. The van der Waals surface area contributed by atoms with Crippen LogP contribution in [0.25, 0.3) is 109 Å². The lowest BCUT2D eigenvalue weighted by molar-refractivity contribution is 0.660. The zero-order valence-electron chi connectivity index (χ0n) is 32.9. The normalized spacial score (nSPS) is 13.1. The zero-order valence-corrected chi connectivity index (χ0v) is 32.9. The average Bonchev–Trinajstić information content (AvgIpc) is 3.52. The summed E-state index contributed by atoms with van der Waals surface area (Å²) in [6.07, 6.45) is 7.95. The molecule has 0 radical (unpaired) electrons. The maximum Gasteiger partial charge on any atom is 0.0353 e. The van der Waals surface area contributed by atoms with Crippen molar-refractivity contribution in [2.24, 2.45) is 0 Å². The molecule has 1 aliphatic rings. The first-order valence-electron chi connectivity index (χ1n) is 20.5. The minimum absolute atomic E-state index is 0.0807. The Balaban J connectivity index is 1.03. The quantitative estimate of drug-likeness (QED) is 0.167. The van der Waals surface area contributed by atoms with Gasteiger partial charge in [0.05, 0.1) is 0 Å². The number of aromatic nitrogens is 2. The van der Waals surface area contributed by atoms with Crippen LogP contribution in [0, 0.1) is 0 Å². The molecule has 0 unspecified atom stereocenters. The average molecular weight is 751 g/mol. The van der Waals surface area contributed by atoms with E-state index in [1.165, 1.54) is 110 Å². The first kappa shape index (κ1) is 33.7. The van der Waals surface area contributed by atoms with E-state index in [1.54, 1.807) is 0 Å². The molecule has 2 aromatic heterocycles. The summed E-state index contributed by atoms with van der Waals surface area (Å²) in [5, 5.41) is 12.1. The van der Waals surface area contributed by atoms with Crippen LogP contribution >= 0.6 is 0 Å². The van der Waals surface area contributed by atoms with E-state index in [4.69, 9.17) is 4.98 Å². The molecule has 0 fully saturated rings. The molecular formula is C57H38N2. The topological polar surface area (TPSA) is 25.8 Å². The van der Waals surface area contributed by atoms with Crippen LogP contribution < -0.4 is 0 Å². The third kappa shape index (κ3) is 5.00. The van der Waals surface area contributed by atoms with E-state index in [0.29, 0.717) is 0 Å². The summed E-state index contributed by atoms with van der Waals surface area (Å²) in [5.41, 5.74) is 15.1. The molecule has 0 N–H and O–H groups in total. The number of benzene rings is 9. The first-order chi connectivity index (χ1) is 29.0. The van der Waals surface area contributed by atoms with E-state index in [2.05, 4.69) is 195 Å². The van der Waals surface area contributed by atoms with Gasteiger partial charge in [-0.25, -0.2) is 0 Å². The Morgan fingerprint density at radius 3 is 1.32 bits per heavy atom. The maximum atomic E-state index is 4.73. The number of hydrogen-bond acceptors (Lipinski definition) is 2.